The van der Waals surface area contributed by atoms with E-state index in [-0.39, 0.29) is 7.53 Å². The standard InChI is InChI=1S/C19H41NO6.H2/c1-4-5-6-20-7-8-21-9-10-22-11-12-23-13-14-24-15-16-25-17-18-26-19(2)3;/h19-20H,4-18H2,1-3H3;1H. The van der Waals surface area contributed by atoms with Crippen molar-refractivity contribution in [1.82, 2.24) is 5.32 Å². The van der Waals surface area contributed by atoms with Crippen LogP contribution in [0.5, 0.6) is 0 Å². The van der Waals surface area contributed by atoms with Crippen LogP contribution >= 0.6 is 0 Å². The first-order chi connectivity index (χ1) is 12.8. The molecular weight excluding hydrogens is 338 g/mol. The number of nitrogens with one attached hydrogen (secondary N) is 1. The van der Waals surface area contributed by atoms with Gasteiger partial charge in [0.05, 0.1) is 78.8 Å². The fraction of sp³-hybridized carbons (Fsp3) is 1.00. The van der Waals surface area contributed by atoms with E-state index in [1.54, 1.807) is 0 Å². The molecule has 0 rings (SSSR count). The Kier molecular flexibility index (Phi) is 22.5. The Labute approximate surface area is 161 Å². The van der Waals surface area contributed by atoms with Crippen LogP contribution in [-0.4, -0.2) is 91.9 Å². The van der Waals surface area contributed by atoms with Crippen LogP contribution in [-0.2, 0) is 28.4 Å². The van der Waals surface area contributed by atoms with Crippen LogP contribution in [0.2, 0.25) is 0 Å². The van der Waals surface area contributed by atoms with Gasteiger partial charge in [0, 0.05) is 7.97 Å². The van der Waals surface area contributed by atoms with E-state index in [9.17, 15) is 0 Å². The van der Waals surface area contributed by atoms with Gasteiger partial charge in [-0.3, -0.25) is 0 Å². The predicted octanol–water partition coefficient (Wildman–Crippen LogP) is 2.13. The fourth-order valence-corrected chi connectivity index (χ4v) is 1.90. The predicted molar refractivity (Wildman–Crippen MR) is 105 cm³/mol. The highest BCUT2D eigenvalue weighted by molar-refractivity contribution is 4.45. The van der Waals surface area contributed by atoms with E-state index in [0.29, 0.717) is 66.1 Å². The zero-order chi connectivity index (χ0) is 19.1. The van der Waals surface area contributed by atoms with E-state index in [0.717, 1.165) is 19.7 Å². The monoisotopic (exact) mass is 381 g/mol. The summed E-state index contributed by atoms with van der Waals surface area (Å²) in [4.78, 5) is 0. The van der Waals surface area contributed by atoms with Crippen molar-refractivity contribution in [3.8, 4) is 0 Å². The van der Waals surface area contributed by atoms with Crippen molar-refractivity contribution in [3.05, 3.63) is 0 Å². The maximum atomic E-state index is 5.46. The van der Waals surface area contributed by atoms with Crippen LogP contribution in [0.1, 0.15) is 35.0 Å². The molecule has 0 bridgehead atoms. The Bertz CT molecular complexity index is 262. The molecule has 0 fully saturated rings. The molecule has 0 unspecified atom stereocenters. The third-order valence-electron chi connectivity index (χ3n) is 3.30. The zero-order valence-corrected chi connectivity index (χ0v) is 17.1. The molecule has 0 radical (unpaired) electrons. The fourth-order valence-electron chi connectivity index (χ4n) is 1.90. The Hall–Kier alpha value is -0.280. The largest absolute Gasteiger partial charge is 0.378 e. The summed E-state index contributed by atoms with van der Waals surface area (Å²) in [6, 6.07) is 0. The Morgan fingerprint density at radius 3 is 1.46 bits per heavy atom. The van der Waals surface area contributed by atoms with E-state index >= 15 is 0 Å². The van der Waals surface area contributed by atoms with Crippen LogP contribution < -0.4 is 5.32 Å². The van der Waals surface area contributed by atoms with Crippen molar-refractivity contribution in [2.24, 2.45) is 0 Å². The number of hydrogen-bond donors (Lipinski definition) is 1. The van der Waals surface area contributed by atoms with Gasteiger partial charge in [0.25, 0.3) is 0 Å². The molecule has 0 aromatic heterocycles. The van der Waals surface area contributed by atoms with E-state index < -0.39 is 0 Å². The molecule has 7 nitrogen and oxygen atoms in total. The summed E-state index contributed by atoms with van der Waals surface area (Å²) in [5.41, 5.74) is 0. The van der Waals surface area contributed by atoms with E-state index in [2.05, 4.69) is 12.2 Å². The molecule has 0 atom stereocenters. The van der Waals surface area contributed by atoms with E-state index in [1.807, 2.05) is 13.8 Å². The van der Waals surface area contributed by atoms with Crippen LogP contribution in [0.15, 0.2) is 0 Å². The average Bonchev–Trinajstić information content (AvgIpc) is 2.62. The third-order valence-corrected chi connectivity index (χ3v) is 3.30. The summed E-state index contributed by atoms with van der Waals surface area (Å²) >= 11 is 0. The third kappa shape index (κ3) is 23.7. The topological polar surface area (TPSA) is 67.4 Å². The Morgan fingerprint density at radius 2 is 1.04 bits per heavy atom. The molecule has 0 heterocycles. The summed E-state index contributed by atoms with van der Waals surface area (Å²) in [6.45, 7) is 14.8. The summed E-state index contributed by atoms with van der Waals surface area (Å²) in [5.74, 6) is 0. The maximum absolute atomic E-state index is 5.46. The maximum Gasteiger partial charge on any atom is 0.0703 e. The summed E-state index contributed by atoms with van der Waals surface area (Å²) in [7, 11) is 0. The van der Waals surface area contributed by atoms with Gasteiger partial charge in [-0.15, -0.1) is 0 Å². The zero-order valence-electron chi connectivity index (χ0n) is 17.1. The normalized spacial score (nSPS) is 11.5. The van der Waals surface area contributed by atoms with Gasteiger partial charge < -0.3 is 33.7 Å². The molecule has 0 aliphatic rings. The first kappa shape index (κ1) is 25.7. The molecule has 0 amide bonds. The number of hydrogen-bond acceptors (Lipinski definition) is 7. The van der Waals surface area contributed by atoms with Crippen LogP contribution in [0.25, 0.3) is 0 Å². The molecule has 26 heavy (non-hydrogen) atoms. The lowest BCUT2D eigenvalue weighted by molar-refractivity contribution is -0.0211. The molecule has 1 N–H and O–H groups in total. The summed E-state index contributed by atoms with van der Waals surface area (Å²) in [5, 5.41) is 3.33. The van der Waals surface area contributed by atoms with Gasteiger partial charge in [-0.05, 0) is 26.8 Å². The highest BCUT2D eigenvalue weighted by atomic mass is 16.6. The quantitative estimate of drug-likeness (QED) is 0.288. The second-order valence-electron chi connectivity index (χ2n) is 6.08. The molecule has 0 aliphatic carbocycles. The average molecular weight is 382 g/mol. The molecule has 7 heteroatoms. The molecule has 0 aromatic carbocycles. The van der Waals surface area contributed by atoms with E-state index in [1.165, 1.54) is 12.8 Å². The van der Waals surface area contributed by atoms with Gasteiger partial charge in [0.1, 0.15) is 0 Å². The van der Waals surface area contributed by atoms with Gasteiger partial charge in [-0.1, -0.05) is 13.3 Å². The molecular formula is C19H43NO6. The minimum Gasteiger partial charge on any atom is -0.378 e. The minimum absolute atomic E-state index is 0. The van der Waals surface area contributed by atoms with Gasteiger partial charge in [-0.2, -0.15) is 0 Å². The van der Waals surface area contributed by atoms with Gasteiger partial charge in [0.15, 0.2) is 0 Å². The minimum atomic E-state index is 0. The highest BCUT2D eigenvalue weighted by Gasteiger charge is 1.95. The molecule has 0 aromatic rings. The first-order valence-electron chi connectivity index (χ1n) is 9.98. The molecule has 0 saturated heterocycles. The lowest BCUT2D eigenvalue weighted by Crippen LogP contribution is -2.21. The van der Waals surface area contributed by atoms with Crippen molar-refractivity contribution in [2.45, 2.75) is 39.7 Å². The number of ether oxygens (including phenoxy) is 6. The van der Waals surface area contributed by atoms with Gasteiger partial charge >= 0.3 is 0 Å². The summed E-state index contributed by atoms with van der Waals surface area (Å²) in [6.07, 6.45) is 2.69. The summed E-state index contributed by atoms with van der Waals surface area (Å²) < 4.78 is 32.5. The van der Waals surface area contributed by atoms with Crippen molar-refractivity contribution < 1.29 is 29.8 Å². The second kappa shape index (κ2) is 22.8. The Morgan fingerprint density at radius 1 is 0.615 bits per heavy atom. The number of unbranched alkanes of at least 4 members (excludes halogenated alkanes) is 1. The lowest BCUT2D eigenvalue weighted by Gasteiger charge is -2.09. The molecule has 0 spiro atoms. The van der Waals surface area contributed by atoms with Crippen LogP contribution in [0.4, 0.5) is 0 Å². The van der Waals surface area contributed by atoms with Crippen molar-refractivity contribution >= 4 is 0 Å². The van der Waals surface area contributed by atoms with Gasteiger partial charge in [-0.25, -0.2) is 0 Å². The number of rotatable bonds is 22. The lowest BCUT2D eigenvalue weighted by atomic mass is 10.3. The Balaban J connectivity index is 0. The smallest absolute Gasteiger partial charge is 0.0703 e. The second-order valence-corrected chi connectivity index (χ2v) is 6.08. The van der Waals surface area contributed by atoms with E-state index in [4.69, 9.17) is 28.4 Å². The van der Waals surface area contributed by atoms with Crippen LogP contribution in [0, 0.1) is 0 Å². The van der Waals surface area contributed by atoms with Crippen molar-refractivity contribution in [3.63, 3.8) is 0 Å². The molecule has 0 aliphatic heterocycles. The first-order valence-corrected chi connectivity index (χ1v) is 9.98. The SMILES string of the molecule is CCCCNCCOCCOCCOCCOCCOCCOC(C)C.[HH]. The van der Waals surface area contributed by atoms with Crippen molar-refractivity contribution in [2.75, 3.05) is 85.8 Å². The van der Waals surface area contributed by atoms with Gasteiger partial charge in [0.2, 0.25) is 0 Å². The van der Waals surface area contributed by atoms with Crippen molar-refractivity contribution in [1.29, 1.82) is 0 Å². The molecule has 160 valence electrons. The molecule has 0 saturated carbocycles. The van der Waals surface area contributed by atoms with Crippen LogP contribution in [0.3, 0.4) is 0 Å². The highest BCUT2D eigenvalue weighted by Crippen LogP contribution is 1.88.